The number of nitrogens with zero attached hydrogens (tertiary/aromatic N) is 2. The molecule has 0 saturated carbocycles. The summed E-state index contributed by atoms with van der Waals surface area (Å²) in [4.78, 5) is 4.44. The third kappa shape index (κ3) is 3.32. The molecular formula is C16H23N3O. The quantitative estimate of drug-likeness (QED) is 0.875. The van der Waals surface area contributed by atoms with E-state index in [4.69, 9.17) is 10.5 Å². The first-order valence-corrected chi connectivity index (χ1v) is 7.15. The second-order valence-corrected chi connectivity index (χ2v) is 5.40. The predicted molar refractivity (Wildman–Crippen MR) is 82.7 cm³/mol. The minimum absolute atomic E-state index is 0.540. The monoisotopic (exact) mass is 273 g/mol. The summed E-state index contributed by atoms with van der Waals surface area (Å²) >= 11 is 0. The van der Waals surface area contributed by atoms with Gasteiger partial charge in [-0.05, 0) is 24.5 Å². The number of benzene rings is 1. The molecule has 0 amide bonds. The average Bonchev–Trinajstić information content (AvgIpc) is 2.78. The fraction of sp³-hybridized carbons (Fsp3) is 0.438. The summed E-state index contributed by atoms with van der Waals surface area (Å²) in [6.45, 7) is 8.03. The van der Waals surface area contributed by atoms with Gasteiger partial charge in [0.1, 0.15) is 17.3 Å². The molecule has 1 aromatic heterocycles. The largest absolute Gasteiger partial charge is 0.494 e. The van der Waals surface area contributed by atoms with Crippen LogP contribution in [0, 0.1) is 5.92 Å². The van der Waals surface area contributed by atoms with Gasteiger partial charge in [-0.15, -0.1) is 0 Å². The van der Waals surface area contributed by atoms with Crippen LogP contribution in [0.15, 0.2) is 30.6 Å². The highest BCUT2D eigenvalue weighted by molar-refractivity contribution is 5.71. The Balaban J connectivity index is 2.25. The molecule has 0 unspecified atom stereocenters. The lowest BCUT2D eigenvalue weighted by atomic mass is 10.1. The third-order valence-corrected chi connectivity index (χ3v) is 3.02. The molecule has 0 saturated heterocycles. The summed E-state index contributed by atoms with van der Waals surface area (Å²) in [6.07, 6.45) is 2.81. The maximum absolute atomic E-state index is 6.19. The number of nitrogen functional groups attached to an aromatic ring is 1. The van der Waals surface area contributed by atoms with Crippen LogP contribution in [0.1, 0.15) is 27.2 Å². The van der Waals surface area contributed by atoms with Crippen molar-refractivity contribution < 1.29 is 4.74 Å². The molecule has 2 aromatic rings. The summed E-state index contributed by atoms with van der Waals surface area (Å²) in [5, 5.41) is 0. The maximum Gasteiger partial charge on any atom is 0.131 e. The first-order chi connectivity index (χ1) is 9.61. The zero-order valence-electron chi connectivity index (χ0n) is 12.5. The molecule has 4 heteroatoms. The number of hydrogen-bond donors (Lipinski definition) is 1. The van der Waals surface area contributed by atoms with Crippen molar-refractivity contribution >= 4 is 5.82 Å². The maximum atomic E-state index is 6.19. The normalized spacial score (nSPS) is 11.0. The molecule has 2 N–H and O–H groups in total. The minimum Gasteiger partial charge on any atom is -0.494 e. The number of rotatable bonds is 6. The van der Waals surface area contributed by atoms with Crippen LogP contribution >= 0.6 is 0 Å². The van der Waals surface area contributed by atoms with E-state index in [2.05, 4.69) is 25.8 Å². The number of anilines is 1. The van der Waals surface area contributed by atoms with Crippen LogP contribution in [0.25, 0.3) is 11.3 Å². The van der Waals surface area contributed by atoms with Gasteiger partial charge >= 0.3 is 0 Å². The smallest absolute Gasteiger partial charge is 0.131 e. The van der Waals surface area contributed by atoms with E-state index in [9.17, 15) is 0 Å². The Hall–Kier alpha value is -1.97. The average molecular weight is 273 g/mol. The Morgan fingerprint density at radius 1 is 1.35 bits per heavy atom. The first-order valence-electron chi connectivity index (χ1n) is 7.15. The van der Waals surface area contributed by atoms with Gasteiger partial charge in [0.2, 0.25) is 0 Å². The lowest BCUT2D eigenvalue weighted by Gasteiger charge is -2.09. The van der Waals surface area contributed by atoms with Gasteiger partial charge in [0.15, 0.2) is 0 Å². The molecule has 0 aliphatic rings. The van der Waals surface area contributed by atoms with Crippen LogP contribution in [-0.2, 0) is 6.54 Å². The second-order valence-electron chi connectivity index (χ2n) is 5.40. The predicted octanol–water partition coefficient (Wildman–Crippen LogP) is 3.58. The van der Waals surface area contributed by atoms with Crippen molar-refractivity contribution in [3.05, 3.63) is 30.6 Å². The molecule has 4 nitrogen and oxygen atoms in total. The molecule has 20 heavy (non-hydrogen) atoms. The standard InChI is InChI=1S/C16H23N3O/c1-4-8-20-14-7-5-6-13(9-14)15-16(17)19(11-18-15)10-12(2)3/h5-7,9,11-12H,4,8,10,17H2,1-3H3. The third-order valence-electron chi connectivity index (χ3n) is 3.02. The Labute approximate surface area is 120 Å². The molecule has 0 spiro atoms. The summed E-state index contributed by atoms with van der Waals surface area (Å²) in [5.41, 5.74) is 8.02. The molecule has 1 aromatic carbocycles. The van der Waals surface area contributed by atoms with E-state index in [1.54, 1.807) is 0 Å². The highest BCUT2D eigenvalue weighted by Gasteiger charge is 2.11. The summed E-state index contributed by atoms with van der Waals surface area (Å²) in [5.74, 6) is 2.12. The van der Waals surface area contributed by atoms with Crippen molar-refractivity contribution in [2.75, 3.05) is 12.3 Å². The van der Waals surface area contributed by atoms with E-state index in [1.165, 1.54) is 0 Å². The zero-order chi connectivity index (χ0) is 14.5. The van der Waals surface area contributed by atoms with Crippen LogP contribution in [0.5, 0.6) is 5.75 Å². The van der Waals surface area contributed by atoms with E-state index >= 15 is 0 Å². The van der Waals surface area contributed by atoms with E-state index in [0.717, 1.165) is 36.6 Å². The van der Waals surface area contributed by atoms with E-state index < -0.39 is 0 Å². The van der Waals surface area contributed by atoms with Crippen LogP contribution in [0.2, 0.25) is 0 Å². The van der Waals surface area contributed by atoms with Gasteiger partial charge in [0.05, 0.1) is 12.9 Å². The number of ether oxygens (including phenoxy) is 1. The Morgan fingerprint density at radius 2 is 2.15 bits per heavy atom. The highest BCUT2D eigenvalue weighted by Crippen LogP contribution is 2.27. The lowest BCUT2D eigenvalue weighted by Crippen LogP contribution is -2.06. The van der Waals surface area contributed by atoms with Crippen LogP contribution in [-0.4, -0.2) is 16.2 Å². The van der Waals surface area contributed by atoms with Gasteiger partial charge < -0.3 is 15.0 Å². The topological polar surface area (TPSA) is 53.1 Å². The van der Waals surface area contributed by atoms with Gasteiger partial charge in [-0.3, -0.25) is 0 Å². The fourth-order valence-electron chi connectivity index (χ4n) is 2.11. The van der Waals surface area contributed by atoms with Gasteiger partial charge in [-0.1, -0.05) is 32.9 Å². The number of aromatic nitrogens is 2. The van der Waals surface area contributed by atoms with Gasteiger partial charge in [-0.2, -0.15) is 0 Å². The number of hydrogen-bond acceptors (Lipinski definition) is 3. The van der Waals surface area contributed by atoms with Crippen molar-refractivity contribution in [1.82, 2.24) is 9.55 Å². The molecule has 108 valence electrons. The summed E-state index contributed by atoms with van der Waals surface area (Å²) < 4.78 is 7.65. The molecule has 0 atom stereocenters. The molecular weight excluding hydrogens is 250 g/mol. The van der Waals surface area contributed by atoms with Crippen LogP contribution in [0.3, 0.4) is 0 Å². The molecule has 0 radical (unpaired) electrons. The summed E-state index contributed by atoms with van der Waals surface area (Å²) in [7, 11) is 0. The van der Waals surface area contributed by atoms with Crippen molar-refractivity contribution in [2.45, 2.75) is 33.7 Å². The molecule has 0 aliphatic carbocycles. The van der Waals surface area contributed by atoms with Crippen LogP contribution < -0.4 is 10.5 Å². The molecule has 0 aliphatic heterocycles. The molecule has 1 heterocycles. The van der Waals surface area contributed by atoms with Gasteiger partial charge in [-0.25, -0.2) is 4.98 Å². The number of imidazole rings is 1. The fourth-order valence-corrected chi connectivity index (χ4v) is 2.11. The second kappa shape index (κ2) is 6.46. The summed E-state index contributed by atoms with van der Waals surface area (Å²) in [6, 6.07) is 7.94. The van der Waals surface area contributed by atoms with E-state index in [-0.39, 0.29) is 0 Å². The van der Waals surface area contributed by atoms with Crippen molar-refractivity contribution in [3.8, 4) is 17.0 Å². The molecule has 0 bridgehead atoms. The SMILES string of the molecule is CCCOc1cccc(-c2ncn(CC(C)C)c2N)c1. The Kier molecular flexibility index (Phi) is 4.66. The van der Waals surface area contributed by atoms with Crippen molar-refractivity contribution in [1.29, 1.82) is 0 Å². The molecule has 0 fully saturated rings. The van der Waals surface area contributed by atoms with Gasteiger partial charge in [0, 0.05) is 12.1 Å². The number of nitrogens with two attached hydrogens (primary N) is 1. The Morgan fingerprint density at radius 3 is 2.85 bits per heavy atom. The van der Waals surface area contributed by atoms with Crippen LogP contribution in [0.4, 0.5) is 5.82 Å². The minimum atomic E-state index is 0.540. The van der Waals surface area contributed by atoms with Crippen molar-refractivity contribution in [2.24, 2.45) is 5.92 Å². The van der Waals surface area contributed by atoms with Gasteiger partial charge in [0.25, 0.3) is 0 Å². The van der Waals surface area contributed by atoms with Crippen molar-refractivity contribution in [3.63, 3.8) is 0 Å². The first kappa shape index (κ1) is 14.4. The zero-order valence-corrected chi connectivity index (χ0v) is 12.5. The molecule has 2 rings (SSSR count). The Bertz CT molecular complexity index is 561. The van der Waals surface area contributed by atoms with E-state index in [1.807, 2.05) is 35.2 Å². The lowest BCUT2D eigenvalue weighted by molar-refractivity contribution is 0.317. The van der Waals surface area contributed by atoms with E-state index in [0.29, 0.717) is 11.7 Å². The highest BCUT2D eigenvalue weighted by atomic mass is 16.5.